The van der Waals surface area contributed by atoms with Gasteiger partial charge in [0.1, 0.15) is 0 Å². The minimum Gasteiger partial charge on any atom is -0.477 e. The van der Waals surface area contributed by atoms with E-state index in [4.69, 9.17) is 14.9 Å². The second kappa shape index (κ2) is 4.65. The summed E-state index contributed by atoms with van der Waals surface area (Å²) in [6.45, 7) is 1.08. The summed E-state index contributed by atoms with van der Waals surface area (Å²) in [5, 5.41) is 17.8. The summed E-state index contributed by atoms with van der Waals surface area (Å²) in [5.74, 6) is -8.16. The molecule has 21 heavy (non-hydrogen) atoms. The Labute approximate surface area is 116 Å². The van der Waals surface area contributed by atoms with E-state index < -0.39 is 46.3 Å². The van der Waals surface area contributed by atoms with E-state index in [0.29, 0.717) is 6.07 Å². The zero-order valence-corrected chi connectivity index (χ0v) is 10.5. The third-order valence-corrected chi connectivity index (χ3v) is 3.07. The fourth-order valence-electron chi connectivity index (χ4n) is 1.97. The highest BCUT2D eigenvalue weighted by Crippen LogP contribution is 2.39. The first-order valence-electron chi connectivity index (χ1n) is 5.58. The van der Waals surface area contributed by atoms with Crippen molar-refractivity contribution in [3.63, 3.8) is 0 Å². The molecule has 6 nitrogen and oxygen atoms in total. The predicted octanol–water partition coefficient (Wildman–Crippen LogP) is 1.20. The van der Waals surface area contributed by atoms with Gasteiger partial charge in [0, 0.05) is 5.56 Å². The average Bonchev–Trinajstić information content (AvgIpc) is 2.67. The highest BCUT2D eigenvalue weighted by Gasteiger charge is 2.51. The first kappa shape index (κ1) is 14.6. The highest BCUT2D eigenvalue weighted by atomic mass is 19.2. The van der Waals surface area contributed by atoms with E-state index >= 15 is 0 Å². The fraction of sp³-hybridized carbons (Fsp3) is 0.154. The Balaban J connectivity index is 2.56. The van der Waals surface area contributed by atoms with Crippen molar-refractivity contribution in [2.45, 2.75) is 12.5 Å². The van der Waals surface area contributed by atoms with Gasteiger partial charge in [-0.05, 0) is 19.1 Å². The van der Waals surface area contributed by atoms with E-state index in [-0.39, 0.29) is 5.56 Å². The van der Waals surface area contributed by atoms with Crippen LogP contribution in [0.25, 0.3) is 0 Å². The van der Waals surface area contributed by atoms with E-state index in [1.165, 1.54) is 0 Å². The predicted molar refractivity (Wildman–Crippen MR) is 62.1 cm³/mol. The summed E-state index contributed by atoms with van der Waals surface area (Å²) >= 11 is 0. The van der Waals surface area contributed by atoms with E-state index in [1.54, 1.807) is 0 Å². The number of benzene rings is 1. The molecule has 0 aromatic heterocycles. The standard InChI is InChI=1S/C13H8F2O6/c1-13(5-2-3-6(14)7(15)4-5)10(16)8(11(17)18)9(21-13)12(19)20/h2-4H,1H3,(H,17,18)(H,19,20). The number of hydrogen-bond donors (Lipinski definition) is 2. The summed E-state index contributed by atoms with van der Waals surface area (Å²) < 4.78 is 31.1. The van der Waals surface area contributed by atoms with Crippen LogP contribution >= 0.6 is 0 Å². The lowest BCUT2D eigenvalue weighted by Crippen LogP contribution is -2.32. The molecule has 0 spiro atoms. The number of carbonyl (C=O) groups is 3. The molecule has 1 aromatic rings. The van der Waals surface area contributed by atoms with Crippen molar-refractivity contribution in [3.8, 4) is 0 Å². The third kappa shape index (κ3) is 2.14. The number of carbonyl (C=O) groups excluding carboxylic acids is 1. The first-order chi connectivity index (χ1) is 9.68. The van der Waals surface area contributed by atoms with Crippen LogP contribution in [0.15, 0.2) is 29.5 Å². The van der Waals surface area contributed by atoms with Gasteiger partial charge in [-0.15, -0.1) is 0 Å². The summed E-state index contributed by atoms with van der Waals surface area (Å²) in [5.41, 5.74) is -3.29. The molecule has 110 valence electrons. The summed E-state index contributed by atoms with van der Waals surface area (Å²) in [6.07, 6.45) is 0. The quantitative estimate of drug-likeness (QED) is 0.813. The number of carboxylic acids is 2. The molecule has 0 bridgehead atoms. The van der Waals surface area contributed by atoms with Gasteiger partial charge in [-0.2, -0.15) is 0 Å². The molecule has 1 aromatic carbocycles. The molecule has 0 aliphatic carbocycles. The van der Waals surface area contributed by atoms with Crippen molar-refractivity contribution in [2.75, 3.05) is 0 Å². The highest BCUT2D eigenvalue weighted by molar-refractivity contribution is 6.25. The second-order valence-corrected chi connectivity index (χ2v) is 4.41. The lowest BCUT2D eigenvalue weighted by molar-refractivity contribution is -0.141. The monoisotopic (exact) mass is 298 g/mol. The van der Waals surface area contributed by atoms with E-state index in [9.17, 15) is 23.2 Å². The van der Waals surface area contributed by atoms with Crippen molar-refractivity contribution < 1.29 is 38.1 Å². The first-order valence-corrected chi connectivity index (χ1v) is 5.58. The van der Waals surface area contributed by atoms with Crippen LogP contribution < -0.4 is 0 Å². The molecule has 1 aliphatic heterocycles. The zero-order chi connectivity index (χ0) is 15.9. The minimum absolute atomic E-state index is 0.193. The maximum Gasteiger partial charge on any atom is 0.372 e. The van der Waals surface area contributed by atoms with Crippen LogP contribution in [0.2, 0.25) is 0 Å². The number of aliphatic carboxylic acids is 2. The van der Waals surface area contributed by atoms with Crippen molar-refractivity contribution in [1.82, 2.24) is 0 Å². The smallest absolute Gasteiger partial charge is 0.372 e. The normalized spacial score (nSPS) is 21.4. The molecular formula is C13H8F2O6. The molecule has 0 fully saturated rings. The van der Waals surface area contributed by atoms with Crippen molar-refractivity contribution in [1.29, 1.82) is 0 Å². The molecule has 0 saturated heterocycles. The molecule has 1 aliphatic rings. The topological polar surface area (TPSA) is 101 Å². The van der Waals surface area contributed by atoms with E-state index in [1.807, 2.05) is 0 Å². The van der Waals surface area contributed by atoms with Crippen LogP contribution in [-0.2, 0) is 24.7 Å². The Morgan fingerprint density at radius 3 is 2.19 bits per heavy atom. The molecule has 1 heterocycles. The molecule has 0 radical (unpaired) electrons. The zero-order valence-electron chi connectivity index (χ0n) is 10.5. The number of halogens is 2. The Kier molecular flexibility index (Phi) is 3.24. The Hall–Kier alpha value is -2.77. The lowest BCUT2D eigenvalue weighted by Gasteiger charge is -2.23. The van der Waals surface area contributed by atoms with Gasteiger partial charge in [-0.3, -0.25) is 4.79 Å². The Bertz CT molecular complexity index is 709. The van der Waals surface area contributed by atoms with Crippen molar-refractivity contribution >= 4 is 17.7 Å². The van der Waals surface area contributed by atoms with Gasteiger partial charge in [-0.1, -0.05) is 6.07 Å². The largest absolute Gasteiger partial charge is 0.477 e. The number of Topliss-reactive ketones (excluding diaryl/α,β-unsaturated/α-hetero) is 1. The van der Waals surface area contributed by atoms with Gasteiger partial charge in [0.25, 0.3) is 0 Å². The number of rotatable bonds is 3. The van der Waals surface area contributed by atoms with Gasteiger partial charge in [0.05, 0.1) is 0 Å². The van der Waals surface area contributed by atoms with E-state index in [0.717, 1.165) is 19.1 Å². The summed E-state index contributed by atoms with van der Waals surface area (Å²) in [7, 11) is 0. The van der Waals surface area contributed by atoms with Gasteiger partial charge in [0.15, 0.2) is 22.8 Å². The van der Waals surface area contributed by atoms with Gasteiger partial charge in [0.2, 0.25) is 11.5 Å². The third-order valence-electron chi connectivity index (χ3n) is 3.07. The Morgan fingerprint density at radius 1 is 1.14 bits per heavy atom. The number of hydrogen-bond acceptors (Lipinski definition) is 4. The molecular weight excluding hydrogens is 290 g/mol. The average molecular weight is 298 g/mol. The maximum absolute atomic E-state index is 13.3. The van der Waals surface area contributed by atoms with Crippen LogP contribution in [0.1, 0.15) is 12.5 Å². The van der Waals surface area contributed by atoms with Crippen LogP contribution in [-0.4, -0.2) is 27.9 Å². The molecule has 2 rings (SSSR count). The molecule has 0 saturated carbocycles. The maximum atomic E-state index is 13.3. The molecule has 8 heteroatoms. The molecule has 2 N–H and O–H groups in total. The summed E-state index contributed by atoms with van der Waals surface area (Å²) in [4.78, 5) is 34.1. The van der Waals surface area contributed by atoms with Crippen molar-refractivity contribution in [2.24, 2.45) is 0 Å². The number of ether oxygens (including phenoxy) is 1. The van der Waals surface area contributed by atoms with Crippen LogP contribution in [0, 0.1) is 11.6 Å². The SMILES string of the molecule is CC1(c2ccc(F)c(F)c2)OC(C(=O)O)=C(C(=O)O)C1=O. The fourth-order valence-corrected chi connectivity index (χ4v) is 1.97. The molecule has 1 unspecified atom stereocenters. The van der Waals surface area contributed by atoms with Gasteiger partial charge < -0.3 is 14.9 Å². The van der Waals surface area contributed by atoms with Crippen LogP contribution in [0.3, 0.4) is 0 Å². The number of carboxylic acid groups (broad SMARTS) is 2. The van der Waals surface area contributed by atoms with Crippen LogP contribution in [0.4, 0.5) is 8.78 Å². The second-order valence-electron chi connectivity index (χ2n) is 4.41. The van der Waals surface area contributed by atoms with Crippen molar-refractivity contribution in [3.05, 3.63) is 46.7 Å². The Morgan fingerprint density at radius 2 is 1.76 bits per heavy atom. The van der Waals surface area contributed by atoms with E-state index in [2.05, 4.69) is 0 Å². The van der Waals surface area contributed by atoms with Gasteiger partial charge in [-0.25, -0.2) is 18.4 Å². The van der Waals surface area contributed by atoms with Crippen LogP contribution in [0.5, 0.6) is 0 Å². The molecule has 0 amide bonds. The number of ketones is 1. The minimum atomic E-state index is -2.05. The van der Waals surface area contributed by atoms with Gasteiger partial charge >= 0.3 is 11.9 Å². The molecule has 1 atom stereocenters. The summed E-state index contributed by atoms with van der Waals surface area (Å²) in [6, 6.07) is 2.39. The lowest BCUT2D eigenvalue weighted by atomic mass is 9.89.